The Balaban J connectivity index is 3.83. The number of nitrogens with one attached hydrogen (secondary N) is 2. The van der Waals surface area contributed by atoms with Crippen LogP contribution < -0.4 is 10.6 Å². The minimum absolute atomic E-state index is 0.0115. The normalized spacial score (nSPS) is 12.2. The molecule has 0 aromatic heterocycles. The van der Waals surface area contributed by atoms with Gasteiger partial charge in [-0.25, -0.2) is 0 Å². The number of hydrogen-bond donors (Lipinski definition) is 2. The van der Waals surface area contributed by atoms with E-state index >= 15 is 0 Å². The summed E-state index contributed by atoms with van der Waals surface area (Å²) in [6, 6.07) is 0.294. The van der Waals surface area contributed by atoms with E-state index in [4.69, 9.17) is 6.42 Å². The fourth-order valence-electron chi connectivity index (χ4n) is 1.52. The van der Waals surface area contributed by atoms with E-state index in [9.17, 15) is 4.79 Å². The van der Waals surface area contributed by atoms with E-state index in [0.717, 1.165) is 25.7 Å². The lowest BCUT2D eigenvalue weighted by Crippen LogP contribution is -2.42. The highest BCUT2D eigenvalue weighted by atomic mass is 16.1. The zero-order valence-corrected chi connectivity index (χ0v) is 10.7. The minimum atomic E-state index is 0.0115. The Morgan fingerprint density at radius 3 is 2.38 bits per heavy atom. The van der Waals surface area contributed by atoms with Crippen LogP contribution in [0.5, 0.6) is 0 Å². The van der Waals surface area contributed by atoms with Crippen molar-refractivity contribution in [3.63, 3.8) is 0 Å². The van der Waals surface area contributed by atoms with Crippen LogP contribution in [0.25, 0.3) is 0 Å². The Kier molecular flexibility index (Phi) is 8.65. The largest absolute Gasteiger partial charge is 0.352 e. The van der Waals surface area contributed by atoms with Gasteiger partial charge in [0.2, 0.25) is 5.91 Å². The summed E-state index contributed by atoms with van der Waals surface area (Å²) in [4.78, 5) is 11.6. The number of rotatable bonds is 8. The molecule has 0 saturated carbocycles. The summed E-state index contributed by atoms with van der Waals surface area (Å²) in [5, 5.41) is 6.04. The molecule has 0 bridgehead atoms. The molecule has 92 valence electrons. The average Bonchev–Trinajstić information content (AvgIpc) is 2.31. The Labute approximate surface area is 99.4 Å². The minimum Gasteiger partial charge on any atom is -0.352 e. The summed E-state index contributed by atoms with van der Waals surface area (Å²) >= 11 is 0. The van der Waals surface area contributed by atoms with Crippen molar-refractivity contribution in [2.75, 3.05) is 6.54 Å². The zero-order chi connectivity index (χ0) is 12.4. The smallest absolute Gasteiger partial charge is 0.234 e. The van der Waals surface area contributed by atoms with Crippen LogP contribution in [-0.2, 0) is 4.79 Å². The molecular weight excluding hydrogens is 200 g/mol. The van der Waals surface area contributed by atoms with Crippen LogP contribution in [0.1, 0.15) is 46.5 Å². The molecule has 0 saturated heterocycles. The molecule has 0 aromatic rings. The molecule has 0 aliphatic rings. The standard InChI is InChI=1S/C13H24N2O/c1-5-9-12(8-4)14-10-13(16)15-11(6-2)7-3/h4,11-12,14H,5-7,9-10H2,1-3H3,(H,15,16). The first-order valence-electron chi connectivity index (χ1n) is 6.16. The molecule has 3 heteroatoms. The topological polar surface area (TPSA) is 41.1 Å². The van der Waals surface area contributed by atoms with Gasteiger partial charge >= 0.3 is 0 Å². The van der Waals surface area contributed by atoms with Gasteiger partial charge in [-0.2, -0.15) is 0 Å². The van der Waals surface area contributed by atoms with Crippen LogP contribution >= 0.6 is 0 Å². The van der Waals surface area contributed by atoms with E-state index in [-0.39, 0.29) is 18.0 Å². The van der Waals surface area contributed by atoms with Crippen molar-refractivity contribution in [3.05, 3.63) is 0 Å². The van der Waals surface area contributed by atoms with Crippen molar-refractivity contribution < 1.29 is 4.79 Å². The number of amides is 1. The van der Waals surface area contributed by atoms with Crippen molar-refractivity contribution in [2.24, 2.45) is 0 Å². The van der Waals surface area contributed by atoms with Gasteiger partial charge in [0, 0.05) is 6.04 Å². The maximum atomic E-state index is 11.6. The van der Waals surface area contributed by atoms with Crippen LogP contribution in [0.3, 0.4) is 0 Å². The Hall–Kier alpha value is -1.01. The Bertz CT molecular complexity index is 229. The molecule has 0 aliphatic heterocycles. The van der Waals surface area contributed by atoms with E-state index in [1.54, 1.807) is 0 Å². The molecule has 0 spiro atoms. The lowest BCUT2D eigenvalue weighted by molar-refractivity contribution is -0.121. The van der Waals surface area contributed by atoms with E-state index in [1.165, 1.54) is 0 Å². The van der Waals surface area contributed by atoms with Crippen LogP contribution in [0.15, 0.2) is 0 Å². The van der Waals surface area contributed by atoms with Gasteiger partial charge in [0.1, 0.15) is 0 Å². The molecule has 3 nitrogen and oxygen atoms in total. The van der Waals surface area contributed by atoms with Crippen LogP contribution in [0, 0.1) is 12.3 Å². The summed E-state index contributed by atoms with van der Waals surface area (Å²) in [6.07, 6.45) is 9.23. The molecule has 0 aliphatic carbocycles. The van der Waals surface area contributed by atoms with E-state index in [0.29, 0.717) is 6.54 Å². The number of hydrogen-bond acceptors (Lipinski definition) is 2. The fourth-order valence-corrected chi connectivity index (χ4v) is 1.52. The second-order valence-corrected chi connectivity index (χ2v) is 3.97. The number of terminal acetylenes is 1. The van der Waals surface area contributed by atoms with E-state index < -0.39 is 0 Å². The lowest BCUT2D eigenvalue weighted by Gasteiger charge is -2.16. The molecular formula is C13H24N2O. The summed E-state index contributed by atoms with van der Waals surface area (Å²) in [6.45, 7) is 6.54. The molecule has 1 unspecified atom stereocenters. The van der Waals surface area contributed by atoms with Gasteiger partial charge in [-0.15, -0.1) is 6.42 Å². The zero-order valence-electron chi connectivity index (χ0n) is 10.7. The van der Waals surface area contributed by atoms with Crippen molar-refractivity contribution in [3.8, 4) is 12.3 Å². The van der Waals surface area contributed by atoms with Crippen LogP contribution in [0.4, 0.5) is 0 Å². The van der Waals surface area contributed by atoms with Gasteiger partial charge in [0.15, 0.2) is 0 Å². The van der Waals surface area contributed by atoms with Gasteiger partial charge in [0.05, 0.1) is 12.6 Å². The first-order chi connectivity index (χ1) is 7.67. The third-order valence-electron chi connectivity index (χ3n) is 2.64. The van der Waals surface area contributed by atoms with Crippen molar-refractivity contribution in [2.45, 2.75) is 58.5 Å². The monoisotopic (exact) mass is 224 g/mol. The first kappa shape index (κ1) is 15.0. The molecule has 1 amide bonds. The highest BCUT2D eigenvalue weighted by Crippen LogP contribution is 1.96. The number of carbonyl (C=O) groups excluding carboxylic acids is 1. The average molecular weight is 224 g/mol. The second-order valence-electron chi connectivity index (χ2n) is 3.97. The van der Waals surface area contributed by atoms with Gasteiger partial charge in [-0.3, -0.25) is 10.1 Å². The third kappa shape index (κ3) is 6.47. The number of carbonyl (C=O) groups is 1. The molecule has 0 radical (unpaired) electrons. The molecule has 0 fully saturated rings. The van der Waals surface area contributed by atoms with E-state index in [1.807, 2.05) is 0 Å². The Morgan fingerprint density at radius 1 is 1.31 bits per heavy atom. The van der Waals surface area contributed by atoms with Gasteiger partial charge in [0.25, 0.3) is 0 Å². The Morgan fingerprint density at radius 2 is 1.94 bits per heavy atom. The van der Waals surface area contributed by atoms with Crippen LogP contribution in [0.2, 0.25) is 0 Å². The molecule has 0 rings (SSSR count). The van der Waals surface area contributed by atoms with Gasteiger partial charge in [-0.1, -0.05) is 33.1 Å². The highest BCUT2D eigenvalue weighted by molar-refractivity contribution is 5.78. The summed E-state index contributed by atoms with van der Waals surface area (Å²) in [5.41, 5.74) is 0. The lowest BCUT2D eigenvalue weighted by atomic mass is 10.1. The third-order valence-corrected chi connectivity index (χ3v) is 2.64. The van der Waals surface area contributed by atoms with Crippen molar-refractivity contribution in [1.82, 2.24) is 10.6 Å². The maximum absolute atomic E-state index is 11.6. The molecule has 16 heavy (non-hydrogen) atoms. The molecule has 2 N–H and O–H groups in total. The SMILES string of the molecule is C#CC(CCC)NCC(=O)NC(CC)CC. The quantitative estimate of drug-likeness (QED) is 0.616. The van der Waals surface area contributed by atoms with Gasteiger partial charge < -0.3 is 5.32 Å². The fraction of sp³-hybridized carbons (Fsp3) is 0.769. The van der Waals surface area contributed by atoms with Crippen molar-refractivity contribution >= 4 is 5.91 Å². The van der Waals surface area contributed by atoms with Gasteiger partial charge in [-0.05, 0) is 19.3 Å². The predicted molar refractivity (Wildman–Crippen MR) is 68.0 cm³/mol. The molecule has 0 aromatic carbocycles. The highest BCUT2D eigenvalue weighted by Gasteiger charge is 2.09. The first-order valence-corrected chi connectivity index (χ1v) is 6.16. The molecule has 1 atom stereocenters. The maximum Gasteiger partial charge on any atom is 0.234 e. The second kappa shape index (κ2) is 9.23. The molecule has 0 heterocycles. The van der Waals surface area contributed by atoms with E-state index in [2.05, 4.69) is 37.3 Å². The predicted octanol–water partition coefficient (Wildman–Crippen LogP) is 1.68. The van der Waals surface area contributed by atoms with Crippen molar-refractivity contribution in [1.29, 1.82) is 0 Å². The van der Waals surface area contributed by atoms with Crippen LogP contribution in [-0.4, -0.2) is 24.5 Å². The summed E-state index contributed by atoms with van der Waals surface area (Å²) in [7, 11) is 0. The summed E-state index contributed by atoms with van der Waals surface area (Å²) < 4.78 is 0. The summed E-state index contributed by atoms with van der Waals surface area (Å²) in [5.74, 6) is 2.68.